The minimum absolute atomic E-state index is 0.0922. The number of benzene rings is 2. The number of nitrogens with zero attached hydrogens (tertiary/aromatic N) is 5. The first kappa shape index (κ1) is 21.8. The smallest absolute Gasteiger partial charge is 0.337 e. The molecule has 0 aliphatic carbocycles. The molecule has 0 unspecified atom stereocenters. The van der Waals surface area contributed by atoms with Gasteiger partial charge >= 0.3 is 11.9 Å². The normalized spacial score (nSPS) is 11.8. The van der Waals surface area contributed by atoms with Crippen LogP contribution < -0.4 is 5.69 Å². The van der Waals surface area contributed by atoms with Crippen molar-refractivity contribution in [2.75, 3.05) is 0 Å². The summed E-state index contributed by atoms with van der Waals surface area (Å²) in [5, 5.41) is 8.62. The van der Waals surface area contributed by atoms with Gasteiger partial charge in [-0.2, -0.15) is 18.2 Å². The summed E-state index contributed by atoms with van der Waals surface area (Å²) in [6.45, 7) is 1.15. The topological polar surface area (TPSA) is 78.7 Å². The maximum absolute atomic E-state index is 12.9. The first-order valence-corrected chi connectivity index (χ1v) is 9.98. The molecule has 166 valence electrons. The van der Waals surface area contributed by atoms with Crippen LogP contribution in [0, 0.1) is 6.92 Å². The number of alkyl halides is 3. The van der Waals surface area contributed by atoms with Crippen LogP contribution in [0.4, 0.5) is 13.2 Å². The minimum atomic E-state index is -4.42. The zero-order chi connectivity index (χ0) is 22.9. The fourth-order valence-electron chi connectivity index (χ4n) is 3.18. The molecule has 0 spiro atoms. The highest BCUT2D eigenvalue weighted by Gasteiger charge is 2.28. The third-order valence-electron chi connectivity index (χ3n) is 4.78. The maximum Gasteiger partial charge on any atom is 0.390 e. The lowest BCUT2D eigenvalue weighted by atomic mass is 10.1. The predicted octanol–water partition coefficient (Wildman–Crippen LogP) is 4.72. The molecule has 0 aliphatic rings. The summed E-state index contributed by atoms with van der Waals surface area (Å²) in [5.74, 6) is 0.545. The molecule has 0 radical (unpaired) electrons. The number of halogens is 4. The van der Waals surface area contributed by atoms with Crippen LogP contribution >= 0.6 is 11.6 Å². The van der Waals surface area contributed by atoms with Gasteiger partial charge in [0.05, 0.1) is 6.42 Å². The molecule has 0 aliphatic heterocycles. The van der Waals surface area contributed by atoms with Crippen LogP contribution in [0.2, 0.25) is 5.02 Å². The van der Waals surface area contributed by atoms with Gasteiger partial charge < -0.3 is 4.52 Å². The van der Waals surface area contributed by atoms with Crippen molar-refractivity contribution in [2.24, 2.45) is 0 Å². The highest BCUT2D eigenvalue weighted by atomic mass is 35.5. The van der Waals surface area contributed by atoms with Crippen LogP contribution in [-0.4, -0.2) is 30.7 Å². The number of aryl methyl sites for hydroxylation is 1. The van der Waals surface area contributed by atoms with Crippen molar-refractivity contribution in [2.45, 2.75) is 32.6 Å². The molecular formula is C21H17ClF3N5O2. The first-order valence-electron chi connectivity index (χ1n) is 9.60. The van der Waals surface area contributed by atoms with Gasteiger partial charge in [0.15, 0.2) is 5.82 Å². The van der Waals surface area contributed by atoms with Crippen LogP contribution in [0.5, 0.6) is 0 Å². The zero-order valence-electron chi connectivity index (χ0n) is 16.8. The molecule has 2 aromatic heterocycles. The number of rotatable bonds is 6. The monoisotopic (exact) mass is 463 g/mol. The predicted molar refractivity (Wildman–Crippen MR) is 111 cm³/mol. The zero-order valence-corrected chi connectivity index (χ0v) is 17.6. The van der Waals surface area contributed by atoms with Gasteiger partial charge in [0.25, 0.3) is 0 Å². The second-order valence-corrected chi connectivity index (χ2v) is 7.55. The van der Waals surface area contributed by atoms with Crippen LogP contribution in [0.1, 0.15) is 17.9 Å². The summed E-state index contributed by atoms with van der Waals surface area (Å²) in [7, 11) is 0. The molecule has 0 bridgehead atoms. The molecule has 32 heavy (non-hydrogen) atoms. The fourth-order valence-corrected chi connectivity index (χ4v) is 3.30. The minimum Gasteiger partial charge on any atom is -0.337 e. The van der Waals surface area contributed by atoms with Gasteiger partial charge in [0, 0.05) is 22.7 Å². The van der Waals surface area contributed by atoms with Gasteiger partial charge in [0.2, 0.25) is 11.7 Å². The van der Waals surface area contributed by atoms with E-state index in [4.69, 9.17) is 16.1 Å². The average Bonchev–Trinajstić information content (AvgIpc) is 3.32. The third-order valence-corrected chi connectivity index (χ3v) is 5.04. The van der Waals surface area contributed by atoms with Gasteiger partial charge in [-0.25, -0.2) is 9.48 Å². The second-order valence-electron chi connectivity index (χ2n) is 7.11. The fraction of sp³-hybridized carbons (Fsp3) is 0.238. The molecule has 4 aromatic rings. The highest BCUT2D eigenvalue weighted by molar-refractivity contribution is 6.30. The molecule has 11 heteroatoms. The third kappa shape index (κ3) is 4.75. The number of hydrogen-bond donors (Lipinski definition) is 0. The van der Waals surface area contributed by atoms with E-state index in [2.05, 4.69) is 15.2 Å². The molecule has 7 nitrogen and oxygen atoms in total. The Labute approximate surface area is 185 Å². The second kappa shape index (κ2) is 8.62. The lowest BCUT2D eigenvalue weighted by Crippen LogP contribution is -2.27. The van der Waals surface area contributed by atoms with Crippen molar-refractivity contribution in [3.63, 3.8) is 0 Å². The van der Waals surface area contributed by atoms with E-state index >= 15 is 0 Å². The van der Waals surface area contributed by atoms with Crippen molar-refractivity contribution in [1.29, 1.82) is 0 Å². The largest absolute Gasteiger partial charge is 0.390 e. The molecule has 0 atom stereocenters. The van der Waals surface area contributed by atoms with Gasteiger partial charge in [0.1, 0.15) is 6.54 Å². The van der Waals surface area contributed by atoms with Gasteiger partial charge in [-0.15, -0.1) is 5.10 Å². The average molecular weight is 464 g/mol. The van der Waals surface area contributed by atoms with Crippen LogP contribution in [0.3, 0.4) is 0 Å². The summed E-state index contributed by atoms with van der Waals surface area (Å²) in [6, 6.07) is 13.8. The lowest BCUT2D eigenvalue weighted by Gasteiger charge is -2.08. The van der Waals surface area contributed by atoms with E-state index in [0.717, 1.165) is 20.4 Å². The molecule has 0 saturated heterocycles. The molecule has 0 amide bonds. The Morgan fingerprint density at radius 2 is 1.81 bits per heavy atom. The Morgan fingerprint density at radius 3 is 2.50 bits per heavy atom. The van der Waals surface area contributed by atoms with E-state index in [1.54, 1.807) is 24.3 Å². The Morgan fingerprint density at radius 1 is 1.09 bits per heavy atom. The van der Waals surface area contributed by atoms with Crippen molar-refractivity contribution in [3.8, 4) is 22.8 Å². The SMILES string of the molecule is Cc1ccccc1-c1noc(Cn2nc(-c3ccc(Cl)cc3)n(CCC(F)(F)F)c2=O)n1. The van der Waals surface area contributed by atoms with Crippen molar-refractivity contribution in [1.82, 2.24) is 24.5 Å². The van der Waals surface area contributed by atoms with Crippen LogP contribution in [-0.2, 0) is 13.1 Å². The Hall–Kier alpha value is -3.40. The molecule has 0 saturated carbocycles. The first-order chi connectivity index (χ1) is 15.2. The van der Waals surface area contributed by atoms with E-state index in [9.17, 15) is 18.0 Å². The van der Waals surface area contributed by atoms with Crippen molar-refractivity contribution in [3.05, 3.63) is 75.5 Å². The van der Waals surface area contributed by atoms with E-state index in [1.165, 1.54) is 0 Å². The van der Waals surface area contributed by atoms with Gasteiger partial charge in [-0.1, -0.05) is 41.0 Å². The number of hydrogen-bond acceptors (Lipinski definition) is 5. The van der Waals surface area contributed by atoms with Crippen LogP contribution in [0.15, 0.2) is 57.8 Å². The molecular weight excluding hydrogens is 447 g/mol. The highest BCUT2D eigenvalue weighted by Crippen LogP contribution is 2.24. The van der Waals surface area contributed by atoms with Crippen molar-refractivity contribution < 1.29 is 17.7 Å². The molecule has 0 N–H and O–H groups in total. The summed E-state index contributed by atoms with van der Waals surface area (Å²) in [6.07, 6.45) is -5.59. The Kier molecular flexibility index (Phi) is 5.88. The molecule has 0 fully saturated rings. The summed E-state index contributed by atoms with van der Waals surface area (Å²) in [4.78, 5) is 17.2. The molecule has 4 rings (SSSR count). The maximum atomic E-state index is 12.9. The van der Waals surface area contributed by atoms with Gasteiger partial charge in [-0.05, 0) is 36.8 Å². The summed E-state index contributed by atoms with van der Waals surface area (Å²) >= 11 is 5.90. The van der Waals surface area contributed by atoms with Crippen molar-refractivity contribution >= 4 is 11.6 Å². The summed E-state index contributed by atoms with van der Waals surface area (Å²) in [5.41, 5.74) is 1.46. The molecule has 2 heterocycles. The lowest BCUT2D eigenvalue weighted by molar-refractivity contribution is -0.136. The Bertz CT molecular complexity index is 1290. The Balaban J connectivity index is 1.68. The van der Waals surface area contributed by atoms with E-state index < -0.39 is 24.8 Å². The number of aromatic nitrogens is 5. The molecule has 2 aromatic carbocycles. The quantitative estimate of drug-likeness (QED) is 0.413. The van der Waals surface area contributed by atoms with Gasteiger partial charge in [-0.3, -0.25) is 4.57 Å². The van der Waals surface area contributed by atoms with Crippen LogP contribution in [0.25, 0.3) is 22.8 Å². The van der Waals surface area contributed by atoms with E-state index in [1.807, 2.05) is 31.2 Å². The standard InChI is InChI=1S/C21H17ClF3N5O2/c1-13-4-2-3-5-16(13)18-26-17(32-28-18)12-30-20(31)29(11-10-21(23,24)25)19(27-30)14-6-8-15(22)9-7-14/h2-9H,10-12H2,1H3. The summed E-state index contributed by atoms with van der Waals surface area (Å²) < 4.78 is 45.7. The van der Waals surface area contributed by atoms with E-state index in [0.29, 0.717) is 16.4 Å². The van der Waals surface area contributed by atoms with E-state index in [-0.39, 0.29) is 18.3 Å².